The first-order chi connectivity index (χ1) is 8.55. The fraction of sp³-hybridized carbons (Fsp3) is 0.500. The van der Waals surface area contributed by atoms with Crippen LogP contribution in [0.3, 0.4) is 0 Å². The van der Waals surface area contributed by atoms with Crippen molar-refractivity contribution in [2.24, 2.45) is 4.99 Å². The highest BCUT2D eigenvalue weighted by Gasteiger charge is 2.23. The molecule has 2 rings (SSSR count). The zero-order valence-corrected chi connectivity index (χ0v) is 11.7. The van der Waals surface area contributed by atoms with Gasteiger partial charge in [0.1, 0.15) is 5.82 Å². The Morgan fingerprint density at radius 1 is 1.44 bits per heavy atom. The van der Waals surface area contributed by atoms with E-state index in [0.29, 0.717) is 6.54 Å². The number of nitrogens with one attached hydrogen (secondary N) is 1. The molecule has 1 fully saturated rings. The predicted molar refractivity (Wildman–Crippen MR) is 76.7 cm³/mol. The number of aliphatic imine (C=N–C) groups is 1. The van der Waals surface area contributed by atoms with Crippen LogP contribution in [0, 0.1) is 5.82 Å². The first-order valence-corrected chi connectivity index (χ1v) is 7.24. The second kappa shape index (κ2) is 5.74. The average Bonchev–Trinajstić information content (AvgIpc) is 2.28. The monoisotopic (exact) mass is 266 g/mol. The van der Waals surface area contributed by atoms with Crippen molar-refractivity contribution in [3.05, 3.63) is 35.6 Å². The summed E-state index contributed by atoms with van der Waals surface area (Å²) in [6.45, 7) is 5.08. The van der Waals surface area contributed by atoms with Gasteiger partial charge < -0.3 is 5.32 Å². The molecule has 1 aliphatic heterocycles. The van der Waals surface area contributed by atoms with Crippen LogP contribution in [0.15, 0.2) is 29.3 Å². The summed E-state index contributed by atoms with van der Waals surface area (Å²) in [6.07, 6.45) is 1.94. The van der Waals surface area contributed by atoms with Crippen molar-refractivity contribution in [3.63, 3.8) is 0 Å². The van der Waals surface area contributed by atoms with E-state index in [9.17, 15) is 4.39 Å². The first kappa shape index (κ1) is 13.4. The van der Waals surface area contributed by atoms with Gasteiger partial charge >= 0.3 is 0 Å². The van der Waals surface area contributed by atoms with Crippen LogP contribution >= 0.6 is 11.8 Å². The molecule has 1 heterocycles. The Morgan fingerprint density at radius 2 is 2.28 bits per heavy atom. The molecule has 1 aromatic rings. The van der Waals surface area contributed by atoms with Gasteiger partial charge in [-0.1, -0.05) is 23.9 Å². The Kier molecular flexibility index (Phi) is 4.27. The van der Waals surface area contributed by atoms with Crippen LogP contribution in [-0.2, 0) is 6.42 Å². The number of halogens is 1. The van der Waals surface area contributed by atoms with E-state index in [-0.39, 0.29) is 11.4 Å². The molecule has 0 spiro atoms. The second-order valence-electron chi connectivity index (χ2n) is 5.17. The highest BCUT2D eigenvalue weighted by molar-refractivity contribution is 8.13. The molecule has 1 saturated heterocycles. The van der Waals surface area contributed by atoms with Crippen LogP contribution in [0.4, 0.5) is 4.39 Å². The molecule has 98 valence electrons. The molecule has 0 amide bonds. The van der Waals surface area contributed by atoms with E-state index in [0.717, 1.165) is 29.3 Å². The van der Waals surface area contributed by atoms with Crippen molar-refractivity contribution < 1.29 is 4.39 Å². The number of thioether (sulfide) groups is 1. The minimum absolute atomic E-state index is 0.142. The maximum absolute atomic E-state index is 13.0. The lowest BCUT2D eigenvalue weighted by Gasteiger charge is -2.32. The fourth-order valence-corrected chi connectivity index (χ4v) is 3.19. The van der Waals surface area contributed by atoms with E-state index in [4.69, 9.17) is 0 Å². The Balaban J connectivity index is 1.87. The van der Waals surface area contributed by atoms with Gasteiger partial charge in [-0.25, -0.2) is 4.39 Å². The second-order valence-corrected chi connectivity index (χ2v) is 6.26. The molecular formula is C14H19FN2S. The van der Waals surface area contributed by atoms with Crippen molar-refractivity contribution in [2.45, 2.75) is 32.2 Å². The summed E-state index contributed by atoms with van der Waals surface area (Å²) in [7, 11) is 0. The molecule has 1 aliphatic rings. The highest BCUT2D eigenvalue weighted by atomic mass is 32.2. The lowest BCUT2D eigenvalue weighted by molar-refractivity contribution is 0.446. The minimum Gasteiger partial charge on any atom is -0.360 e. The van der Waals surface area contributed by atoms with Crippen molar-refractivity contribution >= 4 is 16.9 Å². The third-order valence-corrected chi connectivity index (χ3v) is 3.87. The highest BCUT2D eigenvalue weighted by Crippen LogP contribution is 2.21. The van der Waals surface area contributed by atoms with E-state index >= 15 is 0 Å². The van der Waals surface area contributed by atoms with Gasteiger partial charge in [-0.3, -0.25) is 4.99 Å². The van der Waals surface area contributed by atoms with Gasteiger partial charge in [0.05, 0.1) is 0 Å². The third kappa shape index (κ3) is 4.02. The number of benzene rings is 1. The number of hydrogen-bond acceptors (Lipinski definition) is 2. The Labute approximate surface area is 112 Å². The van der Waals surface area contributed by atoms with Gasteiger partial charge in [0.2, 0.25) is 0 Å². The molecule has 0 unspecified atom stereocenters. The van der Waals surface area contributed by atoms with Crippen LogP contribution in [0.1, 0.15) is 25.8 Å². The smallest absolute Gasteiger partial charge is 0.156 e. The Morgan fingerprint density at radius 3 is 3.00 bits per heavy atom. The van der Waals surface area contributed by atoms with Crippen LogP contribution in [0.25, 0.3) is 0 Å². The molecule has 18 heavy (non-hydrogen) atoms. The van der Waals surface area contributed by atoms with Gasteiger partial charge in [-0.2, -0.15) is 0 Å². The van der Waals surface area contributed by atoms with Crippen molar-refractivity contribution in [1.82, 2.24) is 5.32 Å². The molecular weight excluding hydrogens is 247 g/mol. The Hall–Kier alpha value is -1.03. The SMILES string of the molecule is CC1(C)CCSC(=NCCc2cccc(F)c2)N1. The predicted octanol–water partition coefficient (Wildman–Crippen LogP) is 3.23. The number of amidine groups is 1. The fourth-order valence-electron chi connectivity index (χ4n) is 1.86. The molecule has 2 nitrogen and oxygen atoms in total. The van der Waals surface area contributed by atoms with Gasteiger partial charge in [0, 0.05) is 17.8 Å². The Bertz CT molecular complexity index is 443. The van der Waals surface area contributed by atoms with E-state index < -0.39 is 0 Å². The molecule has 1 aromatic carbocycles. The van der Waals surface area contributed by atoms with Crippen LogP contribution in [0.5, 0.6) is 0 Å². The van der Waals surface area contributed by atoms with E-state index in [1.807, 2.05) is 6.07 Å². The van der Waals surface area contributed by atoms with Gasteiger partial charge in [0.15, 0.2) is 5.17 Å². The summed E-state index contributed by atoms with van der Waals surface area (Å²) < 4.78 is 13.0. The van der Waals surface area contributed by atoms with Crippen LogP contribution in [0.2, 0.25) is 0 Å². The van der Waals surface area contributed by atoms with E-state index in [1.165, 1.54) is 6.07 Å². The molecule has 0 saturated carbocycles. The lowest BCUT2D eigenvalue weighted by atomic mass is 10.0. The maximum atomic E-state index is 13.0. The normalized spacial score (nSPS) is 20.7. The molecule has 0 atom stereocenters. The molecule has 4 heteroatoms. The number of rotatable bonds is 3. The van der Waals surface area contributed by atoms with Gasteiger partial charge in [0.25, 0.3) is 0 Å². The average molecular weight is 266 g/mol. The van der Waals surface area contributed by atoms with Crippen LogP contribution in [-0.4, -0.2) is 23.0 Å². The molecule has 1 N–H and O–H groups in total. The minimum atomic E-state index is -0.175. The molecule has 0 radical (unpaired) electrons. The zero-order valence-electron chi connectivity index (χ0n) is 10.9. The van der Waals surface area contributed by atoms with Crippen molar-refractivity contribution in [3.8, 4) is 0 Å². The van der Waals surface area contributed by atoms with E-state index in [2.05, 4.69) is 24.2 Å². The van der Waals surface area contributed by atoms with Crippen LogP contribution < -0.4 is 5.32 Å². The standard InChI is InChI=1S/C14H19FN2S/c1-14(2)7-9-18-13(17-14)16-8-6-11-4-3-5-12(15)10-11/h3-5,10H,6-9H2,1-2H3,(H,16,17). The summed E-state index contributed by atoms with van der Waals surface area (Å²) in [5, 5.41) is 4.45. The zero-order chi connectivity index (χ0) is 13.0. The van der Waals surface area contributed by atoms with E-state index in [1.54, 1.807) is 23.9 Å². The summed E-state index contributed by atoms with van der Waals surface area (Å²) in [5.41, 5.74) is 1.14. The first-order valence-electron chi connectivity index (χ1n) is 6.25. The molecule has 0 aromatic heterocycles. The van der Waals surface area contributed by atoms with Crippen molar-refractivity contribution in [1.29, 1.82) is 0 Å². The number of nitrogens with zero attached hydrogens (tertiary/aromatic N) is 1. The van der Waals surface area contributed by atoms with Gasteiger partial charge in [-0.15, -0.1) is 0 Å². The largest absolute Gasteiger partial charge is 0.360 e. The quantitative estimate of drug-likeness (QED) is 0.908. The third-order valence-electron chi connectivity index (χ3n) is 2.96. The number of hydrogen-bond donors (Lipinski definition) is 1. The molecule has 0 aliphatic carbocycles. The van der Waals surface area contributed by atoms with Gasteiger partial charge in [-0.05, 0) is 44.4 Å². The molecule has 0 bridgehead atoms. The summed E-state index contributed by atoms with van der Waals surface area (Å²) in [6, 6.07) is 6.73. The lowest BCUT2D eigenvalue weighted by Crippen LogP contribution is -2.46. The summed E-state index contributed by atoms with van der Waals surface area (Å²) >= 11 is 1.77. The summed E-state index contributed by atoms with van der Waals surface area (Å²) in [5.74, 6) is 0.935. The topological polar surface area (TPSA) is 24.4 Å². The van der Waals surface area contributed by atoms with Crippen molar-refractivity contribution in [2.75, 3.05) is 12.3 Å². The maximum Gasteiger partial charge on any atom is 0.156 e. The summed E-state index contributed by atoms with van der Waals surface area (Å²) in [4.78, 5) is 4.55.